The lowest BCUT2D eigenvalue weighted by molar-refractivity contribution is -0.127. The summed E-state index contributed by atoms with van der Waals surface area (Å²) in [4.78, 5) is 17.2. The summed E-state index contributed by atoms with van der Waals surface area (Å²) in [5.41, 5.74) is 2.25. The normalized spacial score (nSPS) is 12.2. The fourth-order valence-electron chi connectivity index (χ4n) is 2.69. The van der Waals surface area contributed by atoms with E-state index in [4.69, 9.17) is 23.2 Å². The van der Waals surface area contributed by atoms with E-state index in [1.54, 1.807) is 6.92 Å². The van der Waals surface area contributed by atoms with E-state index in [0.717, 1.165) is 28.3 Å². The van der Waals surface area contributed by atoms with E-state index in [1.807, 2.05) is 63.2 Å². The Balaban J connectivity index is 2.09. The van der Waals surface area contributed by atoms with Crippen molar-refractivity contribution < 1.29 is 4.79 Å². The molecule has 0 heterocycles. The predicted molar refractivity (Wildman–Crippen MR) is 111 cm³/mol. The fraction of sp³-hybridized carbons (Fsp3) is 0.333. The minimum atomic E-state index is -0.587. The van der Waals surface area contributed by atoms with E-state index < -0.39 is 5.41 Å². The first-order valence-corrected chi connectivity index (χ1v) is 9.36. The number of aryl methyl sites for hydroxylation is 1. The summed E-state index contributed by atoms with van der Waals surface area (Å²) >= 11 is 12.2. The Bertz CT molecular complexity index is 829. The third-order valence-electron chi connectivity index (χ3n) is 4.15. The van der Waals surface area contributed by atoms with Gasteiger partial charge in [0.05, 0.1) is 5.69 Å². The molecule has 0 atom stereocenters. The van der Waals surface area contributed by atoms with Crippen LogP contribution >= 0.6 is 23.2 Å². The molecule has 0 aromatic heterocycles. The Hall–Kier alpha value is -1.84. The van der Waals surface area contributed by atoms with Gasteiger partial charge < -0.3 is 5.32 Å². The maximum Gasteiger partial charge on any atom is 0.231 e. The second-order valence-corrected chi connectivity index (χ2v) is 7.81. The van der Waals surface area contributed by atoms with Crippen LogP contribution in [0.1, 0.15) is 38.8 Å². The van der Waals surface area contributed by atoms with Gasteiger partial charge in [0.2, 0.25) is 5.91 Å². The molecule has 1 amide bonds. The van der Waals surface area contributed by atoms with Gasteiger partial charge in [-0.3, -0.25) is 4.79 Å². The summed E-state index contributed by atoms with van der Waals surface area (Å²) in [5, 5.41) is 4.31. The highest BCUT2D eigenvalue weighted by atomic mass is 35.5. The number of rotatable bonds is 5. The molecular formula is C21H24Cl2N2O. The van der Waals surface area contributed by atoms with Crippen molar-refractivity contribution in [3.63, 3.8) is 0 Å². The maximum absolute atomic E-state index is 12.7. The third-order valence-corrected chi connectivity index (χ3v) is 4.76. The molecule has 2 aromatic rings. The molecule has 0 unspecified atom stereocenters. The minimum Gasteiger partial charge on any atom is -0.314 e. The largest absolute Gasteiger partial charge is 0.314 e. The summed E-state index contributed by atoms with van der Waals surface area (Å²) in [5.74, 6) is 0.474. The van der Waals surface area contributed by atoms with Crippen molar-refractivity contribution in [2.45, 2.75) is 40.5 Å². The lowest BCUT2D eigenvalue weighted by atomic mass is 9.85. The number of nitrogens with zero attached hydrogens (tertiary/aromatic N) is 1. The number of carbonyl (C=O) groups is 1. The quantitative estimate of drug-likeness (QED) is 0.494. The number of benzene rings is 2. The summed E-state index contributed by atoms with van der Waals surface area (Å²) in [7, 11) is 0. The van der Waals surface area contributed by atoms with Gasteiger partial charge in [-0.15, -0.1) is 0 Å². The number of halogens is 2. The van der Waals surface area contributed by atoms with Gasteiger partial charge in [0.25, 0.3) is 0 Å². The molecule has 0 aliphatic heterocycles. The Labute approximate surface area is 165 Å². The van der Waals surface area contributed by atoms with Crippen molar-refractivity contribution in [1.82, 2.24) is 5.32 Å². The van der Waals surface area contributed by atoms with Crippen molar-refractivity contribution in [1.29, 1.82) is 0 Å². The molecule has 0 aliphatic rings. The zero-order valence-corrected chi connectivity index (χ0v) is 17.1. The van der Waals surface area contributed by atoms with Crippen LogP contribution in [-0.2, 0) is 17.6 Å². The SMILES string of the molecule is CCc1cc(N=C(C)NC(=O)C(C)(C)Cc2cccc(Cl)c2)ccc1Cl. The standard InChI is InChI=1S/C21H24Cl2N2O/c1-5-16-12-18(9-10-19(16)23)24-14(2)25-20(26)21(3,4)13-15-7-6-8-17(22)11-15/h6-12H,5,13H2,1-4H3,(H,24,25,26). The van der Waals surface area contributed by atoms with Crippen LogP contribution in [0.3, 0.4) is 0 Å². The Morgan fingerprint density at radius 2 is 1.88 bits per heavy atom. The van der Waals surface area contributed by atoms with Crippen LogP contribution in [0, 0.1) is 5.41 Å². The number of nitrogens with one attached hydrogen (secondary N) is 1. The highest BCUT2D eigenvalue weighted by Gasteiger charge is 2.28. The number of hydrogen-bond acceptors (Lipinski definition) is 2. The third kappa shape index (κ3) is 5.58. The smallest absolute Gasteiger partial charge is 0.231 e. The van der Waals surface area contributed by atoms with Crippen molar-refractivity contribution in [2.75, 3.05) is 0 Å². The summed E-state index contributed by atoms with van der Waals surface area (Å²) in [6.45, 7) is 7.65. The Morgan fingerprint density at radius 3 is 2.54 bits per heavy atom. The van der Waals surface area contributed by atoms with Crippen LogP contribution in [0.5, 0.6) is 0 Å². The molecule has 138 valence electrons. The van der Waals surface area contributed by atoms with E-state index in [-0.39, 0.29) is 5.91 Å². The van der Waals surface area contributed by atoms with E-state index >= 15 is 0 Å². The van der Waals surface area contributed by atoms with Gasteiger partial charge in [-0.2, -0.15) is 0 Å². The van der Waals surface area contributed by atoms with Crippen molar-refractivity contribution in [3.8, 4) is 0 Å². The number of hydrogen-bond donors (Lipinski definition) is 1. The van der Waals surface area contributed by atoms with Crippen LogP contribution in [0.4, 0.5) is 5.69 Å². The summed E-state index contributed by atoms with van der Waals surface area (Å²) < 4.78 is 0. The second-order valence-electron chi connectivity index (χ2n) is 6.97. The molecule has 26 heavy (non-hydrogen) atoms. The van der Waals surface area contributed by atoms with E-state index in [1.165, 1.54) is 0 Å². The predicted octanol–water partition coefficient (Wildman–Crippen LogP) is 5.99. The first-order chi connectivity index (χ1) is 12.2. The van der Waals surface area contributed by atoms with E-state index in [0.29, 0.717) is 17.3 Å². The van der Waals surface area contributed by atoms with Crippen molar-refractivity contribution in [2.24, 2.45) is 10.4 Å². The zero-order chi connectivity index (χ0) is 19.3. The average Bonchev–Trinajstić information content (AvgIpc) is 2.56. The maximum atomic E-state index is 12.7. The first-order valence-electron chi connectivity index (χ1n) is 8.61. The minimum absolute atomic E-state index is 0.0802. The molecule has 2 aromatic carbocycles. The van der Waals surface area contributed by atoms with Crippen molar-refractivity contribution >= 4 is 40.6 Å². The van der Waals surface area contributed by atoms with Crippen LogP contribution in [0.25, 0.3) is 0 Å². The van der Waals surface area contributed by atoms with Gasteiger partial charge in [-0.05, 0) is 61.2 Å². The molecule has 5 heteroatoms. The fourth-order valence-corrected chi connectivity index (χ4v) is 3.16. The van der Waals surface area contributed by atoms with E-state index in [2.05, 4.69) is 10.3 Å². The number of amidine groups is 1. The van der Waals surface area contributed by atoms with Gasteiger partial charge >= 0.3 is 0 Å². The Morgan fingerprint density at radius 1 is 1.15 bits per heavy atom. The number of carbonyl (C=O) groups excluding carboxylic acids is 1. The molecule has 0 spiro atoms. The van der Waals surface area contributed by atoms with Gasteiger partial charge in [-0.1, -0.05) is 56.1 Å². The molecule has 0 fully saturated rings. The van der Waals surface area contributed by atoms with Crippen molar-refractivity contribution in [3.05, 3.63) is 63.6 Å². The highest BCUT2D eigenvalue weighted by molar-refractivity contribution is 6.31. The van der Waals surface area contributed by atoms with Gasteiger partial charge in [0.1, 0.15) is 5.84 Å². The van der Waals surface area contributed by atoms with Crippen LogP contribution in [0.15, 0.2) is 47.5 Å². The Kier molecular flexibility index (Phi) is 6.85. The first kappa shape index (κ1) is 20.5. The molecule has 0 saturated carbocycles. The number of aliphatic imine (C=N–C) groups is 1. The number of amides is 1. The molecule has 1 N–H and O–H groups in total. The molecule has 2 rings (SSSR count). The summed E-state index contributed by atoms with van der Waals surface area (Å²) in [6, 6.07) is 13.2. The zero-order valence-electron chi connectivity index (χ0n) is 15.6. The molecule has 0 bridgehead atoms. The molecule has 0 saturated heterocycles. The molecule has 3 nitrogen and oxygen atoms in total. The second kappa shape index (κ2) is 8.70. The topological polar surface area (TPSA) is 41.5 Å². The van der Waals surface area contributed by atoms with Gasteiger partial charge in [0.15, 0.2) is 0 Å². The highest BCUT2D eigenvalue weighted by Crippen LogP contribution is 2.25. The monoisotopic (exact) mass is 390 g/mol. The molecule has 0 aliphatic carbocycles. The van der Waals surface area contributed by atoms with Crippen LogP contribution < -0.4 is 5.32 Å². The van der Waals surface area contributed by atoms with Crippen LogP contribution in [0.2, 0.25) is 10.0 Å². The van der Waals surface area contributed by atoms with E-state index in [9.17, 15) is 4.79 Å². The summed E-state index contributed by atoms with van der Waals surface area (Å²) in [6.07, 6.45) is 1.42. The van der Waals surface area contributed by atoms with Gasteiger partial charge in [-0.25, -0.2) is 4.99 Å². The lowest BCUT2D eigenvalue weighted by Crippen LogP contribution is -2.40. The average molecular weight is 391 g/mol. The molecule has 0 radical (unpaired) electrons. The molecular weight excluding hydrogens is 367 g/mol. The van der Waals surface area contributed by atoms with Gasteiger partial charge in [0, 0.05) is 15.5 Å². The van der Waals surface area contributed by atoms with Crippen LogP contribution in [-0.4, -0.2) is 11.7 Å². The lowest BCUT2D eigenvalue weighted by Gasteiger charge is -2.23.